The molecule has 9 aromatic heterocycles. The van der Waals surface area contributed by atoms with Crippen molar-refractivity contribution < 1.29 is 36.4 Å². The van der Waals surface area contributed by atoms with Gasteiger partial charge in [0.2, 0.25) is 17.7 Å². The lowest BCUT2D eigenvalue weighted by atomic mass is 10.2. The van der Waals surface area contributed by atoms with Crippen LogP contribution in [0.25, 0.3) is 66.4 Å². The molecule has 0 bridgehead atoms. The average molecular weight is 1180 g/mol. The van der Waals surface area contributed by atoms with Crippen LogP contribution >= 0.6 is 11.6 Å². The van der Waals surface area contributed by atoms with Gasteiger partial charge in [-0.15, -0.1) is 0 Å². The van der Waals surface area contributed by atoms with E-state index >= 15 is 0 Å². The van der Waals surface area contributed by atoms with Gasteiger partial charge in [-0.05, 0) is 55.7 Å². The molecule has 0 radical (unpaired) electrons. The van der Waals surface area contributed by atoms with Crippen molar-refractivity contribution in [1.82, 2.24) is 71.7 Å². The van der Waals surface area contributed by atoms with E-state index in [1.54, 1.807) is 26.0 Å². The summed E-state index contributed by atoms with van der Waals surface area (Å²) >= 11 is 6.06. The number of hydrogen-bond acceptors (Lipinski definition) is 18. The van der Waals surface area contributed by atoms with Gasteiger partial charge in [-0.2, -0.15) is 30.2 Å². The van der Waals surface area contributed by atoms with E-state index in [-0.39, 0.29) is 65.3 Å². The molecule has 3 aromatic carbocycles. The third kappa shape index (κ3) is 10.3. The molecule has 30 nitrogen and oxygen atoms in total. The number of aryl methyl sites for hydroxylation is 6. The van der Waals surface area contributed by atoms with Crippen molar-refractivity contribution in [3.8, 4) is 0 Å². The average Bonchev–Trinajstić information content (AvgIpc) is 4.29. The van der Waals surface area contributed by atoms with Crippen LogP contribution in [0.3, 0.4) is 0 Å². The number of carbonyl (C=O) groups is 3. The normalized spacial score (nSPS) is 11.4. The molecule has 0 aliphatic heterocycles. The topological polar surface area (TPSA) is 351 Å². The highest BCUT2D eigenvalue weighted by Crippen LogP contribution is 2.27. The van der Waals surface area contributed by atoms with E-state index in [1.165, 1.54) is 113 Å². The summed E-state index contributed by atoms with van der Waals surface area (Å²) in [5.74, 6) is -2.46. The number of hydrogen-bond donors (Lipinski definition) is 3. The number of rotatable bonds is 9. The van der Waals surface area contributed by atoms with Gasteiger partial charge in [0.25, 0.3) is 16.7 Å². The molecule has 33 heteroatoms. The second-order valence-corrected chi connectivity index (χ2v) is 19.5. The van der Waals surface area contributed by atoms with E-state index in [0.717, 1.165) is 19.3 Å². The number of anilines is 3. The van der Waals surface area contributed by atoms with Crippen molar-refractivity contribution in [3.05, 3.63) is 151 Å². The van der Waals surface area contributed by atoms with Gasteiger partial charge in [0.1, 0.15) is 47.8 Å². The number of fused-ring (bicyclic) bond motifs is 6. The standard InChI is InChI=1S/C17H15ClN6O4.2C17H15FN6O4/c1-8-4-10-12(5-9(8)18)28-16(20-10)21-13(25)7-24-14-11(6-19-24)22(2)17(27)23(3)15(14)26;1-8-4-12-10(5-9(8)18)20-16(28-12)21-13(25)7-24-14-11(6-19-24)22(2)17(27)23(3)15(14)26;1-8-4-10-12(5-9(8)18)28-16(20-10)21-13(25)7-24-14-11(6-19-24)22(2)17(27)23(3)15(14)26/h3*4-6H,7H2,1-3H3,(H,20,21,25). The Morgan fingerprint density at radius 3 is 1.14 bits per heavy atom. The molecular weight excluding hydrogens is 1130 g/mol. The summed E-state index contributed by atoms with van der Waals surface area (Å²) in [5, 5.41) is 20.1. The molecule has 0 saturated carbocycles. The lowest BCUT2D eigenvalue weighted by Crippen LogP contribution is -2.37. The molecule has 3 N–H and O–H groups in total. The molecule has 84 heavy (non-hydrogen) atoms. The van der Waals surface area contributed by atoms with Crippen molar-refractivity contribution in [3.63, 3.8) is 0 Å². The summed E-state index contributed by atoms with van der Waals surface area (Å²) in [6.45, 7) is 4.16. The molecule has 12 aromatic rings. The van der Waals surface area contributed by atoms with Crippen LogP contribution in [-0.4, -0.2) is 89.4 Å². The first-order chi connectivity index (χ1) is 39.8. The molecule has 0 unspecified atom stereocenters. The van der Waals surface area contributed by atoms with Crippen LogP contribution in [0.1, 0.15) is 16.7 Å². The Morgan fingerprint density at radius 1 is 0.452 bits per heavy atom. The number of benzene rings is 3. The van der Waals surface area contributed by atoms with Crippen molar-refractivity contribution in [1.29, 1.82) is 0 Å². The van der Waals surface area contributed by atoms with Gasteiger partial charge in [-0.3, -0.25) is 72.1 Å². The van der Waals surface area contributed by atoms with Crippen LogP contribution in [0.2, 0.25) is 5.02 Å². The highest BCUT2D eigenvalue weighted by molar-refractivity contribution is 6.32. The van der Waals surface area contributed by atoms with Crippen molar-refractivity contribution in [2.45, 2.75) is 40.4 Å². The fraction of sp³-hybridized carbons (Fsp3) is 0.235. The van der Waals surface area contributed by atoms with E-state index < -0.39 is 63.1 Å². The molecule has 0 aliphatic carbocycles. The highest BCUT2D eigenvalue weighted by Gasteiger charge is 2.22. The number of amides is 3. The van der Waals surface area contributed by atoms with Crippen LogP contribution in [0.5, 0.6) is 0 Å². The van der Waals surface area contributed by atoms with Crippen LogP contribution in [0, 0.1) is 32.4 Å². The smallest absolute Gasteiger partial charge is 0.331 e. The maximum Gasteiger partial charge on any atom is 0.331 e. The van der Waals surface area contributed by atoms with Crippen LogP contribution in [0.4, 0.5) is 26.8 Å². The predicted octanol–water partition coefficient (Wildman–Crippen LogP) is 2.50. The summed E-state index contributed by atoms with van der Waals surface area (Å²) in [6.07, 6.45) is 4.06. The number of aromatic nitrogens is 15. The van der Waals surface area contributed by atoms with Gasteiger partial charge in [0.05, 0.1) is 35.1 Å². The fourth-order valence-corrected chi connectivity index (χ4v) is 8.96. The molecule has 0 aliphatic rings. The molecule has 432 valence electrons. The number of carbonyl (C=O) groups excluding carboxylic acids is 3. The first-order valence-corrected chi connectivity index (χ1v) is 25.1. The second-order valence-electron chi connectivity index (χ2n) is 19.1. The third-order valence-electron chi connectivity index (χ3n) is 13.4. The Bertz CT molecular complexity index is 4520. The molecule has 9 heterocycles. The maximum absolute atomic E-state index is 13.6. The minimum Gasteiger partial charge on any atom is -0.423 e. The van der Waals surface area contributed by atoms with Gasteiger partial charge in [0, 0.05) is 65.5 Å². The van der Waals surface area contributed by atoms with Crippen LogP contribution in [-0.2, 0) is 76.3 Å². The zero-order chi connectivity index (χ0) is 60.5. The zero-order valence-electron chi connectivity index (χ0n) is 45.6. The van der Waals surface area contributed by atoms with Gasteiger partial charge < -0.3 is 13.3 Å². The first-order valence-electron chi connectivity index (χ1n) is 24.7. The van der Waals surface area contributed by atoms with E-state index in [1.807, 2.05) is 6.92 Å². The Labute approximate surface area is 469 Å². The van der Waals surface area contributed by atoms with Crippen LogP contribution in [0.15, 0.2) is 97.0 Å². The van der Waals surface area contributed by atoms with Gasteiger partial charge in [0.15, 0.2) is 33.3 Å². The molecule has 0 saturated heterocycles. The van der Waals surface area contributed by atoms with Gasteiger partial charge >= 0.3 is 35.1 Å². The summed E-state index contributed by atoms with van der Waals surface area (Å²) in [7, 11) is 8.61. The number of halogens is 3. The van der Waals surface area contributed by atoms with Crippen molar-refractivity contribution in [2.24, 2.45) is 42.3 Å². The number of nitrogens with one attached hydrogen (secondary N) is 3. The summed E-state index contributed by atoms with van der Waals surface area (Å²) in [5.41, 5.74) is 2.11. The predicted molar refractivity (Wildman–Crippen MR) is 298 cm³/mol. The van der Waals surface area contributed by atoms with E-state index in [2.05, 4.69) is 46.2 Å². The Kier molecular flexibility index (Phi) is 14.4. The number of oxazole rings is 3. The highest BCUT2D eigenvalue weighted by atomic mass is 35.5. The largest absolute Gasteiger partial charge is 0.423 e. The SMILES string of the molecule is Cc1cc2nc(NC(=O)Cn3ncc4c3c(=O)n(C)c(=O)n4C)oc2cc1Cl.Cc1cc2nc(NC(=O)Cn3ncc4c3c(=O)n(C)c(=O)n4C)oc2cc1F.Cc1cc2oc(NC(=O)Cn3ncc4c3c(=O)n(C)c(=O)n4C)nc2cc1F. The van der Waals surface area contributed by atoms with E-state index in [9.17, 15) is 51.9 Å². The quantitative estimate of drug-likeness (QED) is 0.187. The minimum absolute atomic E-state index is 0.0124. The molecule has 0 fully saturated rings. The molecular formula is C51H45ClF2N18O12. The summed E-state index contributed by atoms with van der Waals surface area (Å²) < 4.78 is 53.8. The van der Waals surface area contributed by atoms with Crippen molar-refractivity contribution >= 4 is 114 Å². The van der Waals surface area contributed by atoms with E-state index in [4.69, 9.17) is 24.9 Å². The lowest BCUT2D eigenvalue weighted by molar-refractivity contribution is -0.117. The maximum atomic E-state index is 13.6. The fourth-order valence-electron chi connectivity index (χ4n) is 8.81. The summed E-state index contributed by atoms with van der Waals surface area (Å²) in [4.78, 5) is 123. The van der Waals surface area contributed by atoms with Gasteiger partial charge in [-0.25, -0.2) is 37.2 Å². The zero-order valence-corrected chi connectivity index (χ0v) is 46.3. The monoisotopic (exact) mass is 1170 g/mol. The minimum atomic E-state index is -0.559. The Balaban J connectivity index is 0.000000140. The Hall–Kier alpha value is -10.9. The van der Waals surface area contributed by atoms with Crippen LogP contribution < -0.4 is 49.7 Å². The molecule has 0 spiro atoms. The van der Waals surface area contributed by atoms with E-state index in [0.29, 0.717) is 54.9 Å². The molecule has 0 atom stereocenters. The lowest BCUT2D eigenvalue weighted by Gasteiger charge is -2.06. The Morgan fingerprint density at radius 2 is 0.762 bits per heavy atom. The third-order valence-corrected chi connectivity index (χ3v) is 13.8. The second kappa shape index (κ2) is 21.5. The molecule has 3 amide bonds. The van der Waals surface area contributed by atoms with Crippen molar-refractivity contribution in [2.75, 3.05) is 16.0 Å². The summed E-state index contributed by atoms with van der Waals surface area (Å²) in [6, 6.07) is 8.60. The van der Waals surface area contributed by atoms with Gasteiger partial charge in [-0.1, -0.05) is 11.6 Å². The molecule has 12 rings (SSSR count). The first kappa shape index (κ1) is 56.4. The number of nitrogens with zero attached hydrogens (tertiary/aromatic N) is 15.